The van der Waals surface area contributed by atoms with E-state index >= 15 is 0 Å². The van der Waals surface area contributed by atoms with Crippen LogP contribution < -0.4 is 10.2 Å². The van der Waals surface area contributed by atoms with Crippen LogP contribution in [0, 0.1) is 0 Å². The lowest BCUT2D eigenvalue weighted by atomic mass is 9.95. The third-order valence-corrected chi connectivity index (χ3v) is 3.01. The molecule has 0 heterocycles. The monoisotopic (exact) mass is 274 g/mol. The lowest BCUT2D eigenvalue weighted by Gasteiger charge is -2.11. The minimum Gasteiger partial charge on any atom is -0.488 e. The Kier molecular flexibility index (Phi) is 3.68. The van der Waals surface area contributed by atoms with E-state index in [4.69, 9.17) is 4.74 Å². The van der Waals surface area contributed by atoms with Crippen LogP contribution in [0.4, 0.5) is 0 Å². The molecule has 1 nitrogen and oxygen atoms in total. The molecule has 2 rings (SSSR count). The van der Waals surface area contributed by atoms with Gasteiger partial charge in [-0.3, -0.25) is 0 Å². The molecule has 2 aromatic rings. The van der Waals surface area contributed by atoms with Crippen LogP contribution >= 0.6 is 15.9 Å². The molecule has 0 N–H and O–H groups in total. The highest BCUT2D eigenvalue weighted by Crippen LogP contribution is 2.22. The minimum absolute atomic E-state index is 0.601. The second-order valence-corrected chi connectivity index (χ2v) is 4.51. The molecule has 0 aromatic heterocycles. The molecule has 3 heteroatoms. The fourth-order valence-corrected chi connectivity index (χ4v) is 2.11. The molecule has 2 aromatic carbocycles. The SMILES string of the molecule is Bc1cccc(Br)c1OCc1ccccc1. The van der Waals surface area contributed by atoms with Crippen molar-refractivity contribution in [2.45, 2.75) is 6.61 Å². The number of hydrogen-bond acceptors (Lipinski definition) is 1. The van der Waals surface area contributed by atoms with Crippen molar-refractivity contribution in [1.82, 2.24) is 0 Å². The highest BCUT2D eigenvalue weighted by Gasteiger charge is 2.03. The van der Waals surface area contributed by atoms with Gasteiger partial charge in [0, 0.05) is 0 Å². The predicted molar refractivity (Wildman–Crippen MR) is 73.1 cm³/mol. The van der Waals surface area contributed by atoms with Gasteiger partial charge in [-0.2, -0.15) is 0 Å². The van der Waals surface area contributed by atoms with Crippen LogP contribution in [0.1, 0.15) is 5.56 Å². The van der Waals surface area contributed by atoms with Gasteiger partial charge < -0.3 is 4.74 Å². The zero-order valence-electron chi connectivity index (χ0n) is 9.11. The summed E-state index contributed by atoms with van der Waals surface area (Å²) in [7, 11) is 2.05. The molecule has 0 saturated carbocycles. The van der Waals surface area contributed by atoms with Crippen molar-refractivity contribution in [3.63, 3.8) is 0 Å². The number of para-hydroxylation sites is 1. The zero-order chi connectivity index (χ0) is 11.4. The summed E-state index contributed by atoms with van der Waals surface area (Å²) in [6.45, 7) is 0.601. The lowest BCUT2D eigenvalue weighted by Crippen LogP contribution is -2.09. The predicted octanol–water partition coefficient (Wildman–Crippen LogP) is 2.29. The largest absolute Gasteiger partial charge is 0.488 e. The summed E-state index contributed by atoms with van der Waals surface area (Å²) in [6, 6.07) is 16.2. The van der Waals surface area contributed by atoms with E-state index in [1.54, 1.807) is 0 Å². The Balaban J connectivity index is 2.11. The molecule has 0 aliphatic heterocycles. The third kappa shape index (κ3) is 2.67. The van der Waals surface area contributed by atoms with E-state index in [0.717, 1.165) is 15.7 Å². The normalized spacial score (nSPS) is 10.1. The van der Waals surface area contributed by atoms with Crippen LogP contribution in [0.2, 0.25) is 0 Å². The van der Waals surface area contributed by atoms with Crippen LogP contribution in [-0.2, 0) is 6.61 Å². The molecule has 0 bridgehead atoms. The molecule has 0 fully saturated rings. The van der Waals surface area contributed by atoms with Crippen LogP contribution in [0.15, 0.2) is 53.0 Å². The average Bonchev–Trinajstić information content (AvgIpc) is 2.30. The van der Waals surface area contributed by atoms with Crippen LogP contribution in [0.25, 0.3) is 0 Å². The lowest BCUT2D eigenvalue weighted by molar-refractivity contribution is 0.307. The van der Waals surface area contributed by atoms with E-state index < -0.39 is 0 Å². The summed E-state index contributed by atoms with van der Waals surface area (Å²) < 4.78 is 6.81. The summed E-state index contributed by atoms with van der Waals surface area (Å²) in [4.78, 5) is 0. The van der Waals surface area contributed by atoms with Gasteiger partial charge in [0.25, 0.3) is 0 Å². The van der Waals surface area contributed by atoms with Gasteiger partial charge in [-0.05, 0) is 33.0 Å². The Labute approximate surface area is 105 Å². The smallest absolute Gasteiger partial charge is 0.144 e. The summed E-state index contributed by atoms with van der Waals surface area (Å²) in [5.74, 6) is 0.923. The topological polar surface area (TPSA) is 9.23 Å². The van der Waals surface area contributed by atoms with Crippen molar-refractivity contribution in [1.29, 1.82) is 0 Å². The summed E-state index contributed by atoms with van der Waals surface area (Å²) in [5, 5.41) is 0. The molecule has 80 valence electrons. The van der Waals surface area contributed by atoms with E-state index in [1.165, 1.54) is 5.56 Å². The number of hydrogen-bond donors (Lipinski definition) is 0. The van der Waals surface area contributed by atoms with Crippen molar-refractivity contribution in [3.05, 3.63) is 58.6 Å². The Morgan fingerprint density at radius 3 is 2.44 bits per heavy atom. The van der Waals surface area contributed by atoms with Gasteiger partial charge in [0.1, 0.15) is 20.2 Å². The van der Waals surface area contributed by atoms with E-state index in [-0.39, 0.29) is 0 Å². The summed E-state index contributed by atoms with van der Waals surface area (Å²) in [5.41, 5.74) is 2.32. The first-order valence-electron chi connectivity index (χ1n) is 5.19. The number of halogens is 1. The molecule has 0 spiro atoms. The zero-order valence-corrected chi connectivity index (χ0v) is 10.7. The van der Waals surface area contributed by atoms with Gasteiger partial charge in [-0.25, -0.2) is 0 Å². The Bertz CT molecular complexity index is 450. The van der Waals surface area contributed by atoms with E-state index in [0.29, 0.717) is 6.61 Å². The first-order valence-corrected chi connectivity index (χ1v) is 5.98. The van der Waals surface area contributed by atoms with Crippen molar-refractivity contribution in [2.24, 2.45) is 0 Å². The second kappa shape index (κ2) is 5.22. The maximum absolute atomic E-state index is 5.81. The first-order chi connectivity index (χ1) is 7.77. The number of ether oxygens (including phenoxy) is 1. The maximum Gasteiger partial charge on any atom is 0.144 e. The van der Waals surface area contributed by atoms with Crippen LogP contribution in [0.3, 0.4) is 0 Å². The van der Waals surface area contributed by atoms with E-state index in [9.17, 15) is 0 Å². The third-order valence-electron chi connectivity index (χ3n) is 2.39. The van der Waals surface area contributed by atoms with Gasteiger partial charge in [-0.1, -0.05) is 42.5 Å². The Morgan fingerprint density at radius 2 is 1.75 bits per heavy atom. The molecule has 0 aliphatic carbocycles. The van der Waals surface area contributed by atoms with Gasteiger partial charge in [-0.15, -0.1) is 0 Å². The molecule has 0 atom stereocenters. The van der Waals surface area contributed by atoms with Crippen molar-refractivity contribution in [3.8, 4) is 5.75 Å². The quantitative estimate of drug-likeness (QED) is 0.781. The van der Waals surface area contributed by atoms with Gasteiger partial charge in [0.2, 0.25) is 0 Å². The van der Waals surface area contributed by atoms with E-state index in [2.05, 4.69) is 28.1 Å². The Hall–Kier alpha value is -1.22. The molecular formula is C13H12BBrO. The van der Waals surface area contributed by atoms with Crippen molar-refractivity contribution >= 4 is 29.2 Å². The first kappa shape index (κ1) is 11.3. The van der Waals surface area contributed by atoms with Gasteiger partial charge >= 0.3 is 0 Å². The number of benzene rings is 2. The van der Waals surface area contributed by atoms with Gasteiger partial charge in [0.15, 0.2) is 0 Å². The van der Waals surface area contributed by atoms with Crippen molar-refractivity contribution in [2.75, 3.05) is 0 Å². The second-order valence-electron chi connectivity index (χ2n) is 3.66. The van der Waals surface area contributed by atoms with Crippen molar-refractivity contribution < 1.29 is 4.74 Å². The van der Waals surface area contributed by atoms with Crippen LogP contribution in [0.5, 0.6) is 5.75 Å². The molecule has 0 saturated heterocycles. The average molecular weight is 275 g/mol. The molecule has 0 amide bonds. The fourth-order valence-electron chi connectivity index (χ4n) is 1.53. The van der Waals surface area contributed by atoms with Crippen LogP contribution in [-0.4, -0.2) is 7.85 Å². The minimum atomic E-state index is 0.601. The highest BCUT2D eigenvalue weighted by atomic mass is 79.9. The molecule has 0 aliphatic rings. The summed E-state index contributed by atoms with van der Waals surface area (Å²) >= 11 is 3.50. The van der Waals surface area contributed by atoms with Gasteiger partial charge in [0.05, 0.1) is 4.47 Å². The maximum atomic E-state index is 5.81. The fraction of sp³-hybridized carbons (Fsp3) is 0.0769. The van der Waals surface area contributed by atoms with E-state index in [1.807, 2.05) is 44.2 Å². The number of rotatable bonds is 3. The molecule has 0 radical (unpaired) electrons. The molecule has 16 heavy (non-hydrogen) atoms. The standard InChI is InChI=1S/C13H12BBrO/c14-11-7-4-8-12(15)13(11)16-9-10-5-2-1-3-6-10/h1-8H,9,14H2. The molecule has 0 unspecified atom stereocenters. The molecular weight excluding hydrogens is 263 g/mol. The Morgan fingerprint density at radius 1 is 1.00 bits per heavy atom. The highest BCUT2D eigenvalue weighted by molar-refractivity contribution is 9.10. The summed E-state index contributed by atoms with van der Waals surface area (Å²) in [6.07, 6.45) is 0.